The average Bonchev–Trinajstić information content (AvgIpc) is 2.89. The molecule has 2 aromatic rings. The maximum Gasteiger partial charge on any atom is 0.271 e. The monoisotopic (exact) mass is 302 g/mol. The maximum absolute atomic E-state index is 12.4. The number of benzene rings is 1. The van der Waals surface area contributed by atoms with E-state index in [0.29, 0.717) is 11.4 Å². The van der Waals surface area contributed by atoms with Gasteiger partial charge in [0.05, 0.1) is 16.6 Å². The van der Waals surface area contributed by atoms with E-state index in [1.54, 1.807) is 16.9 Å². The SMILES string of the molecule is CC1CCCN(C(=O)Cn2ncc3ccc([N+](=O)[O-])cc32)C1. The van der Waals surface area contributed by atoms with Crippen molar-refractivity contribution in [2.75, 3.05) is 13.1 Å². The molecule has 7 nitrogen and oxygen atoms in total. The molecule has 1 atom stereocenters. The van der Waals surface area contributed by atoms with Crippen molar-refractivity contribution in [1.29, 1.82) is 0 Å². The number of hydrogen-bond donors (Lipinski definition) is 0. The average molecular weight is 302 g/mol. The molecule has 1 aliphatic rings. The number of carbonyl (C=O) groups is 1. The van der Waals surface area contributed by atoms with Gasteiger partial charge in [-0.1, -0.05) is 6.92 Å². The Balaban J connectivity index is 1.82. The highest BCUT2D eigenvalue weighted by Crippen LogP contribution is 2.21. The number of nitrogens with zero attached hydrogens (tertiary/aromatic N) is 4. The molecule has 1 aromatic heterocycles. The predicted octanol–water partition coefficient (Wildman–Crippen LogP) is 2.20. The molecule has 0 radical (unpaired) electrons. The van der Waals surface area contributed by atoms with Gasteiger partial charge in [0.15, 0.2) is 0 Å². The van der Waals surface area contributed by atoms with Crippen molar-refractivity contribution in [1.82, 2.24) is 14.7 Å². The maximum atomic E-state index is 12.4. The first kappa shape index (κ1) is 14.5. The van der Waals surface area contributed by atoms with E-state index in [2.05, 4.69) is 12.0 Å². The van der Waals surface area contributed by atoms with Crippen molar-refractivity contribution in [3.8, 4) is 0 Å². The lowest BCUT2D eigenvalue weighted by atomic mass is 10.0. The van der Waals surface area contributed by atoms with E-state index in [4.69, 9.17) is 0 Å². The lowest BCUT2D eigenvalue weighted by Crippen LogP contribution is -2.40. The molecule has 0 spiro atoms. The van der Waals surface area contributed by atoms with Crippen LogP contribution >= 0.6 is 0 Å². The summed E-state index contributed by atoms with van der Waals surface area (Å²) in [7, 11) is 0. The van der Waals surface area contributed by atoms with Crippen molar-refractivity contribution in [2.45, 2.75) is 26.3 Å². The fraction of sp³-hybridized carbons (Fsp3) is 0.467. The summed E-state index contributed by atoms with van der Waals surface area (Å²) in [5, 5.41) is 15.9. The number of non-ortho nitro benzene ring substituents is 1. The quantitative estimate of drug-likeness (QED) is 0.643. The molecule has 1 fully saturated rings. The third-order valence-corrected chi connectivity index (χ3v) is 4.13. The Hall–Kier alpha value is -2.44. The highest BCUT2D eigenvalue weighted by atomic mass is 16.6. The van der Waals surface area contributed by atoms with Gasteiger partial charge in [0, 0.05) is 30.6 Å². The van der Waals surface area contributed by atoms with Gasteiger partial charge in [0.2, 0.25) is 5.91 Å². The smallest absolute Gasteiger partial charge is 0.271 e. The second-order valence-electron chi connectivity index (χ2n) is 5.89. The molecule has 0 N–H and O–H groups in total. The van der Waals surface area contributed by atoms with Crippen LogP contribution in [-0.2, 0) is 11.3 Å². The molecule has 0 saturated carbocycles. The summed E-state index contributed by atoms with van der Waals surface area (Å²) in [6, 6.07) is 4.57. The van der Waals surface area contributed by atoms with Gasteiger partial charge >= 0.3 is 0 Å². The number of carbonyl (C=O) groups excluding carboxylic acids is 1. The van der Waals surface area contributed by atoms with Crippen LogP contribution in [0.25, 0.3) is 10.9 Å². The Morgan fingerprint density at radius 1 is 1.50 bits per heavy atom. The fourth-order valence-corrected chi connectivity index (χ4v) is 2.94. The minimum Gasteiger partial charge on any atom is -0.341 e. The largest absolute Gasteiger partial charge is 0.341 e. The number of likely N-dealkylation sites (tertiary alicyclic amines) is 1. The number of nitro groups is 1. The minimum atomic E-state index is -0.440. The van der Waals surface area contributed by atoms with Gasteiger partial charge in [-0.15, -0.1) is 0 Å². The summed E-state index contributed by atoms with van der Waals surface area (Å²) >= 11 is 0. The standard InChI is InChI=1S/C15H18N4O3/c1-11-3-2-6-17(9-11)15(20)10-18-14-7-13(19(21)22)5-4-12(14)8-16-18/h4-5,7-8,11H,2-3,6,9-10H2,1H3. The molecule has 22 heavy (non-hydrogen) atoms. The van der Waals surface area contributed by atoms with Crippen molar-refractivity contribution in [3.63, 3.8) is 0 Å². The lowest BCUT2D eigenvalue weighted by Gasteiger charge is -2.31. The highest BCUT2D eigenvalue weighted by molar-refractivity contribution is 5.83. The Bertz CT molecular complexity index is 725. The van der Waals surface area contributed by atoms with Gasteiger partial charge in [-0.3, -0.25) is 19.6 Å². The second-order valence-corrected chi connectivity index (χ2v) is 5.89. The van der Waals surface area contributed by atoms with E-state index in [-0.39, 0.29) is 18.1 Å². The molecular weight excluding hydrogens is 284 g/mol. The van der Waals surface area contributed by atoms with E-state index in [1.165, 1.54) is 12.1 Å². The topological polar surface area (TPSA) is 81.3 Å². The number of aromatic nitrogens is 2. The van der Waals surface area contributed by atoms with Crippen LogP contribution in [0.5, 0.6) is 0 Å². The highest BCUT2D eigenvalue weighted by Gasteiger charge is 2.22. The first-order valence-electron chi connectivity index (χ1n) is 7.42. The van der Waals surface area contributed by atoms with E-state index < -0.39 is 4.92 Å². The zero-order chi connectivity index (χ0) is 15.7. The molecule has 3 rings (SSSR count). The van der Waals surface area contributed by atoms with Gasteiger partial charge in [-0.05, 0) is 24.8 Å². The van der Waals surface area contributed by atoms with Crippen LogP contribution in [0.2, 0.25) is 0 Å². The van der Waals surface area contributed by atoms with Crippen LogP contribution in [0.1, 0.15) is 19.8 Å². The van der Waals surface area contributed by atoms with Crippen molar-refractivity contribution in [3.05, 3.63) is 34.5 Å². The Kier molecular flexibility index (Phi) is 3.79. The van der Waals surface area contributed by atoms with Gasteiger partial charge in [0.25, 0.3) is 5.69 Å². The summed E-state index contributed by atoms with van der Waals surface area (Å²) in [4.78, 5) is 24.7. The van der Waals surface area contributed by atoms with E-state index in [1.807, 2.05) is 4.90 Å². The van der Waals surface area contributed by atoms with Crippen LogP contribution in [0.15, 0.2) is 24.4 Å². The summed E-state index contributed by atoms with van der Waals surface area (Å²) in [5.74, 6) is 0.538. The van der Waals surface area contributed by atoms with Crippen LogP contribution in [-0.4, -0.2) is 38.6 Å². The Labute approximate surface area is 127 Å². The van der Waals surface area contributed by atoms with E-state index in [9.17, 15) is 14.9 Å². The first-order valence-corrected chi connectivity index (χ1v) is 7.42. The zero-order valence-electron chi connectivity index (χ0n) is 12.4. The molecule has 2 heterocycles. The molecule has 1 unspecified atom stereocenters. The van der Waals surface area contributed by atoms with Crippen LogP contribution in [0, 0.1) is 16.0 Å². The van der Waals surface area contributed by atoms with Crippen molar-refractivity contribution in [2.24, 2.45) is 5.92 Å². The fourth-order valence-electron chi connectivity index (χ4n) is 2.94. The van der Waals surface area contributed by atoms with Crippen LogP contribution < -0.4 is 0 Å². The molecule has 1 amide bonds. The van der Waals surface area contributed by atoms with Crippen molar-refractivity contribution >= 4 is 22.5 Å². The van der Waals surface area contributed by atoms with Gasteiger partial charge in [-0.2, -0.15) is 5.10 Å². The molecule has 1 aromatic carbocycles. The van der Waals surface area contributed by atoms with Gasteiger partial charge in [0.1, 0.15) is 6.54 Å². The predicted molar refractivity (Wildman–Crippen MR) is 81.4 cm³/mol. The van der Waals surface area contributed by atoms with E-state index in [0.717, 1.165) is 31.3 Å². The number of hydrogen-bond acceptors (Lipinski definition) is 4. The molecule has 1 saturated heterocycles. The van der Waals surface area contributed by atoms with E-state index >= 15 is 0 Å². The number of rotatable bonds is 3. The second kappa shape index (κ2) is 5.75. The van der Waals surface area contributed by atoms with Crippen molar-refractivity contribution < 1.29 is 9.72 Å². The first-order chi connectivity index (χ1) is 10.5. The summed E-state index contributed by atoms with van der Waals surface area (Å²) in [6.45, 7) is 3.82. The number of amides is 1. The molecular formula is C15H18N4O3. The third-order valence-electron chi connectivity index (χ3n) is 4.13. The number of nitro benzene ring substituents is 1. The molecule has 116 valence electrons. The Morgan fingerprint density at radius 3 is 3.05 bits per heavy atom. The third kappa shape index (κ3) is 2.79. The molecule has 1 aliphatic heterocycles. The molecule has 0 bridgehead atoms. The lowest BCUT2D eigenvalue weighted by molar-refractivity contribution is -0.384. The molecule has 7 heteroatoms. The van der Waals surface area contributed by atoms with Gasteiger partial charge < -0.3 is 4.90 Å². The minimum absolute atomic E-state index is 0.00768. The summed E-state index contributed by atoms with van der Waals surface area (Å²) in [5.41, 5.74) is 0.626. The van der Waals surface area contributed by atoms with Crippen LogP contribution in [0.4, 0.5) is 5.69 Å². The summed E-state index contributed by atoms with van der Waals surface area (Å²) < 4.78 is 1.55. The summed E-state index contributed by atoms with van der Waals surface area (Å²) in [6.07, 6.45) is 3.81. The molecule has 0 aliphatic carbocycles. The van der Waals surface area contributed by atoms with Gasteiger partial charge in [-0.25, -0.2) is 0 Å². The Morgan fingerprint density at radius 2 is 2.32 bits per heavy atom. The number of fused-ring (bicyclic) bond motifs is 1. The zero-order valence-corrected chi connectivity index (χ0v) is 12.4. The normalized spacial score (nSPS) is 18.6. The van der Waals surface area contributed by atoms with Crippen LogP contribution in [0.3, 0.4) is 0 Å². The number of piperidine rings is 1.